The van der Waals surface area contributed by atoms with Crippen molar-refractivity contribution in [1.29, 1.82) is 0 Å². The SMILES string of the molecule is OB(O)/C=C/c1cc(Br)ccc1F. The lowest BCUT2D eigenvalue weighted by Crippen LogP contribution is -2.05. The summed E-state index contributed by atoms with van der Waals surface area (Å²) in [5.74, 6) is 0.685. The second-order valence-electron chi connectivity index (χ2n) is 2.44. The molecule has 0 fully saturated rings. The van der Waals surface area contributed by atoms with Crippen molar-refractivity contribution in [3.63, 3.8) is 0 Å². The van der Waals surface area contributed by atoms with E-state index in [1.807, 2.05) is 0 Å². The molecule has 0 bridgehead atoms. The summed E-state index contributed by atoms with van der Waals surface area (Å²) in [5.41, 5.74) is 0.308. The quantitative estimate of drug-likeness (QED) is 0.777. The molecular formula is C8H7BBrFO2. The molecule has 0 unspecified atom stereocenters. The molecule has 0 aliphatic carbocycles. The van der Waals surface area contributed by atoms with Gasteiger partial charge in [-0.25, -0.2) is 4.39 Å². The number of benzene rings is 1. The first-order valence-corrected chi connectivity index (χ1v) is 4.38. The highest BCUT2D eigenvalue weighted by Gasteiger charge is 2.02. The topological polar surface area (TPSA) is 40.5 Å². The Labute approximate surface area is 84.0 Å². The lowest BCUT2D eigenvalue weighted by molar-refractivity contribution is 0.424. The van der Waals surface area contributed by atoms with Gasteiger partial charge < -0.3 is 10.0 Å². The second-order valence-corrected chi connectivity index (χ2v) is 3.35. The van der Waals surface area contributed by atoms with E-state index < -0.39 is 12.9 Å². The summed E-state index contributed by atoms with van der Waals surface area (Å²) in [6.07, 6.45) is 1.31. The van der Waals surface area contributed by atoms with Crippen molar-refractivity contribution in [1.82, 2.24) is 0 Å². The van der Waals surface area contributed by atoms with Gasteiger partial charge in [0.05, 0.1) is 0 Å². The largest absolute Gasteiger partial charge is 0.480 e. The molecule has 0 amide bonds. The molecule has 1 rings (SSSR count). The molecule has 68 valence electrons. The standard InChI is InChI=1S/C8H7BBrFO2/c10-7-1-2-8(11)6(5-7)3-4-9(12)13/h1-5,12-13H/b4-3+. The van der Waals surface area contributed by atoms with Gasteiger partial charge in [0.15, 0.2) is 0 Å². The minimum absolute atomic E-state index is 0.308. The van der Waals surface area contributed by atoms with Gasteiger partial charge in [0.2, 0.25) is 0 Å². The Morgan fingerprint density at radius 3 is 2.69 bits per heavy atom. The molecule has 0 saturated heterocycles. The molecule has 5 heteroatoms. The molecule has 0 aliphatic heterocycles. The van der Waals surface area contributed by atoms with E-state index in [0.717, 1.165) is 10.4 Å². The minimum Gasteiger partial charge on any atom is -0.424 e. The molecular weight excluding hydrogens is 238 g/mol. The van der Waals surface area contributed by atoms with E-state index in [9.17, 15) is 4.39 Å². The van der Waals surface area contributed by atoms with E-state index in [-0.39, 0.29) is 0 Å². The Kier molecular flexibility index (Phi) is 3.65. The van der Waals surface area contributed by atoms with Gasteiger partial charge in [-0.15, -0.1) is 0 Å². The van der Waals surface area contributed by atoms with Crippen LogP contribution in [0.2, 0.25) is 0 Å². The third kappa shape index (κ3) is 3.30. The van der Waals surface area contributed by atoms with Crippen LogP contribution in [0.5, 0.6) is 0 Å². The van der Waals surface area contributed by atoms with Crippen LogP contribution in [0.3, 0.4) is 0 Å². The molecule has 0 aliphatic rings. The monoisotopic (exact) mass is 244 g/mol. The number of hydrogen-bond donors (Lipinski definition) is 2. The van der Waals surface area contributed by atoms with E-state index in [2.05, 4.69) is 15.9 Å². The van der Waals surface area contributed by atoms with Crippen LogP contribution in [0.15, 0.2) is 28.6 Å². The van der Waals surface area contributed by atoms with E-state index in [0.29, 0.717) is 5.56 Å². The maximum atomic E-state index is 13.0. The zero-order valence-corrected chi connectivity index (χ0v) is 8.20. The van der Waals surface area contributed by atoms with Crippen molar-refractivity contribution in [2.45, 2.75) is 0 Å². The van der Waals surface area contributed by atoms with Crippen LogP contribution in [-0.4, -0.2) is 17.2 Å². The van der Waals surface area contributed by atoms with Gasteiger partial charge in [-0.05, 0) is 18.2 Å². The predicted molar refractivity (Wildman–Crippen MR) is 53.3 cm³/mol. The lowest BCUT2D eigenvalue weighted by atomic mass is 9.91. The average molecular weight is 245 g/mol. The van der Waals surface area contributed by atoms with E-state index in [1.54, 1.807) is 12.1 Å². The van der Waals surface area contributed by atoms with Crippen molar-refractivity contribution < 1.29 is 14.4 Å². The van der Waals surface area contributed by atoms with Crippen molar-refractivity contribution in [3.8, 4) is 0 Å². The molecule has 13 heavy (non-hydrogen) atoms. The Hall–Kier alpha value is -0.645. The maximum absolute atomic E-state index is 13.0. The van der Waals surface area contributed by atoms with Gasteiger partial charge in [0.1, 0.15) is 5.82 Å². The molecule has 2 N–H and O–H groups in total. The summed E-state index contributed by atoms with van der Waals surface area (Å²) < 4.78 is 13.7. The van der Waals surface area contributed by atoms with Crippen LogP contribution >= 0.6 is 15.9 Å². The molecule has 2 nitrogen and oxygen atoms in total. The highest BCUT2D eigenvalue weighted by molar-refractivity contribution is 9.10. The summed E-state index contributed by atoms with van der Waals surface area (Å²) in [6, 6.07) is 4.42. The molecule has 1 aromatic rings. The third-order valence-corrected chi connectivity index (χ3v) is 1.90. The molecule has 1 aromatic carbocycles. The van der Waals surface area contributed by atoms with Crippen LogP contribution in [0.4, 0.5) is 4.39 Å². The Morgan fingerprint density at radius 1 is 1.38 bits per heavy atom. The first-order valence-electron chi connectivity index (χ1n) is 3.59. The fourth-order valence-corrected chi connectivity index (χ4v) is 1.21. The molecule has 0 atom stereocenters. The predicted octanol–water partition coefficient (Wildman–Crippen LogP) is 1.61. The fourth-order valence-electron chi connectivity index (χ4n) is 0.832. The summed E-state index contributed by atoms with van der Waals surface area (Å²) in [4.78, 5) is 0. The summed E-state index contributed by atoms with van der Waals surface area (Å²) in [5, 5.41) is 17.0. The average Bonchev–Trinajstić information content (AvgIpc) is 2.06. The third-order valence-electron chi connectivity index (χ3n) is 1.41. The number of hydrogen-bond acceptors (Lipinski definition) is 2. The second kappa shape index (κ2) is 4.55. The van der Waals surface area contributed by atoms with Crippen molar-refractivity contribution in [2.24, 2.45) is 0 Å². The van der Waals surface area contributed by atoms with Gasteiger partial charge in [-0.1, -0.05) is 28.0 Å². The summed E-state index contributed by atoms with van der Waals surface area (Å²) >= 11 is 3.18. The maximum Gasteiger partial charge on any atom is 0.480 e. The van der Waals surface area contributed by atoms with Crippen LogP contribution < -0.4 is 0 Å². The van der Waals surface area contributed by atoms with Crippen molar-refractivity contribution in [2.75, 3.05) is 0 Å². The van der Waals surface area contributed by atoms with Crippen molar-refractivity contribution >= 4 is 29.1 Å². The Balaban J connectivity index is 2.93. The molecule has 0 saturated carbocycles. The van der Waals surface area contributed by atoms with Gasteiger partial charge in [-0.3, -0.25) is 0 Å². The number of halogens is 2. The van der Waals surface area contributed by atoms with Crippen LogP contribution in [0.25, 0.3) is 6.08 Å². The molecule has 0 aromatic heterocycles. The van der Waals surface area contributed by atoms with Crippen LogP contribution in [0.1, 0.15) is 5.56 Å². The van der Waals surface area contributed by atoms with E-state index in [4.69, 9.17) is 10.0 Å². The first-order chi connectivity index (χ1) is 6.09. The Bertz CT molecular complexity index is 328. The smallest absolute Gasteiger partial charge is 0.424 e. The lowest BCUT2D eigenvalue weighted by Gasteiger charge is -1.97. The van der Waals surface area contributed by atoms with Gasteiger partial charge in [0, 0.05) is 10.0 Å². The van der Waals surface area contributed by atoms with E-state index >= 15 is 0 Å². The molecule has 0 spiro atoms. The van der Waals surface area contributed by atoms with Crippen molar-refractivity contribution in [3.05, 3.63) is 40.0 Å². The zero-order valence-electron chi connectivity index (χ0n) is 6.61. The van der Waals surface area contributed by atoms with Crippen LogP contribution in [-0.2, 0) is 0 Å². The normalized spacial score (nSPS) is 10.8. The molecule has 0 heterocycles. The summed E-state index contributed by atoms with van der Waals surface area (Å²) in [6.45, 7) is 0. The first kappa shape index (κ1) is 10.4. The van der Waals surface area contributed by atoms with Gasteiger partial charge in [0.25, 0.3) is 0 Å². The van der Waals surface area contributed by atoms with Gasteiger partial charge >= 0.3 is 7.12 Å². The number of rotatable bonds is 2. The highest BCUT2D eigenvalue weighted by Crippen LogP contribution is 2.16. The fraction of sp³-hybridized carbons (Fsp3) is 0. The zero-order chi connectivity index (χ0) is 9.84. The van der Waals surface area contributed by atoms with Crippen LogP contribution in [0, 0.1) is 5.82 Å². The summed E-state index contributed by atoms with van der Waals surface area (Å²) in [7, 11) is -1.56. The van der Waals surface area contributed by atoms with Gasteiger partial charge in [-0.2, -0.15) is 0 Å². The highest BCUT2D eigenvalue weighted by atomic mass is 79.9. The molecule has 0 radical (unpaired) electrons. The minimum atomic E-state index is -1.56. The van der Waals surface area contributed by atoms with E-state index in [1.165, 1.54) is 12.1 Å². The Morgan fingerprint density at radius 2 is 2.08 bits per heavy atom.